The van der Waals surface area contributed by atoms with Gasteiger partial charge < -0.3 is 9.26 Å². The average Bonchev–Trinajstić information content (AvgIpc) is 2.99. The van der Waals surface area contributed by atoms with E-state index < -0.39 is 0 Å². The number of piperidine rings is 1. The maximum atomic E-state index is 8.88. The van der Waals surface area contributed by atoms with Gasteiger partial charge in [-0.05, 0) is 44.8 Å². The minimum absolute atomic E-state index is 0.526. The van der Waals surface area contributed by atoms with Crippen molar-refractivity contribution in [2.45, 2.75) is 26.3 Å². The second-order valence-electron chi connectivity index (χ2n) is 5.95. The largest absolute Gasteiger partial charge is 0.477 e. The second kappa shape index (κ2) is 7.25. The van der Waals surface area contributed by atoms with Crippen molar-refractivity contribution in [1.29, 1.82) is 5.26 Å². The standard InChI is InChI=1S/C17H20N4O2/c1-13-8-16(20-23-13)11-21-6-3-14(4-7-21)12-22-17-9-15(10-18)2-5-19-17/h2,5,8-9,14H,3-4,6-7,11-12H2,1H3. The van der Waals surface area contributed by atoms with Crippen LogP contribution in [0.15, 0.2) is 28.9 Å². The minimum atomic E-state index is 0.526. The van der Waals surface area contributed by atoms with Crippen molar-refractivity contribution in [3.05, 3.63) is 41.4 Å². The van der Waals surface area contributed by atoms with E-state index in [1.807, 2.05) is 13.0 Å². The third-order valence-corrected chi connectivity index (χ3v) is 4.10. The lowest BCUT2D eigenvalue weighted by Crippen LogP contribution is -2.35. The molecule has 1 aliphatic rings. The molecule has 1 aliphatic heterocycles. The summed E-state index contributed by atoms with van der Waals surface area (Å²) in [4.78, 5) is 6.53. The van der Waals surface area contributed by atoms with Crippen LogP contribution in [-0.2, 0) is 6.54 Å². The molecular formula is C17H20N4O2. The summed E-state index contributed by atoms with van der Waals surface area (Å²) in [6.45, 7) is 5.47. The Balaban J connectivity index is 1.43. The Kier molecular flexibility index (Phi) is 4.89. The molecule has 0 aromatic carbocycles. The highest BCUT2D eigenvalue weighted by Gasteiger charge is 2.20. The number of pyridine rings is 1. The molecule has 6 nitrogen and oxygen atoms in total. The van der Waals surface area contributed by atoms with Crippen LogP contribution in [0.5, 0.6) is 5.88 Å². The molecule has 6 heteroatoms. The zero-order chi connectivity index (χ0) is 16.1. The summed E-state index contributed by atoms with van der Waals surface area (Å²) in [7, 11) is 0. The van der Waals surface area contributed by atoms with Crippen LogP contribution in [0.4, 0.5) is 0 Å². The third kappa shape index (κ3) is 4.30. The van der Waals surface area contributed by atoms with E-state index in [0.717, 1.165) is 43.9 Å². The molecule has 0 bridgehead atoms. The van der Waals surface area contributed by atoms with Crippen LogP contribution in [-0.4, -0.2) is 34.7 Å². The smallest absolute Gasteiger partial charge is 0.214 e. The molecule has 0 N–H and O–H groups in total. The topological polar surface area (TPSA) is 75.2 Å². The summed E-state index contributed by atoms with van der Waals surface area (Å²) in [5, 5.41) is 12.9. The van der Waals surface area contributed by atoms with Crippen molar-refractivity contribution in [3.8, 4) is 11.9 Å². The summed E-state index contributed by atoms with van der Waals surface area (Å²) in [6.07, 6.45) is 3.79. The van der Waals surface area contributed by atoms with Gasteiger partial charge in [-0.15, -0.1) is 0 Å². The molecule has 3 heterocycles. The van der Waals surface area contributed by atoms with Crippen LogP contribution < -0.4 is 4.74 Å². The summed E-state index contributed by atoms with van der Waals surface area (Å²) < 4.78 is 10.8. The van der Waals surface area contributed by atoms with Crippen LogP contribution in [0.1, 0.15) is 29.9 Å². The fourth-order valence-electron chi connectivity index (χ4n) is 2.79. The van der Waals surface area contributed by atoms with Crippen molar-refractivity contribution >= 4 is 0 Å². The fourth-order valence-corrected chi connectivity index (χ4v) is 2.79. The molecule has 0 aliphatic carbocycles. The van der Waals surface area contributed by atoms with Gasteiger partial charge in [0.2, 0.25) is 5.88 Å². The molecule has 0 saturated carbocycles. The lowest BCUT2D eigenvalue weighted by molar-refractivity contribution is 0.132. The Bertz CT molecular complexity index is 684. The van der Waals surface area contributed by atoms with E-state index in [4.69, 9.17) is 14.5 Å². The number of aromatic nitrogens is 2. The Labute approximate surface area is 135 Å². The SMILES string of the molecule is Cc1cc(CN2CCC(COc3cc(C#N)ccn3)CC2)no1. The monoisotopic (exact) mass is 312 g/mol. The van der Waals surface area contributed by atoms with Gasteiger partial charge >= 0.3 is 0 Å². The summed E-state index contributed by atoms with van der Waals surface area (Å²) in [6, 6.07) is 7.44. The Morgan fingerprint density at radius 2 is 2.22 bits per heavy atom. The number of likely N-dealkylation sites (tertiary alicyclic amines) is 1. The molecule has 0 amide bonds. The van der Waals surface area contributed by atoms with Gasteiger partial charge in [0.1, 0.15) is 5.76 Å². The molecular weight excluding hydrogens is 292 g/mol. The van der Waals surface area contributed by atoms with Crippen LogP contribution in [0.3, 0.4) is 0 Å². The van der Waals surface area contributed by atoms with Crippen molar-refractivity contribution in [2.75, 3.05) is 19.7 Å². The van der Waals surface area contributed by atoms with E-state index in [-0.39, 0.29) is 0 Å². The molecule has 3 rings (SSSR count). The van der Waals surface area contributed by atoms with Crippen LogP contribution in [0, 0.1) is 24.2 Å². The third-order valence-electron chi connectivity index (χ3n) is 4.10. The number of aryl methyl sites for hydroxylation is 1. The second-order valence-corrected chi connectivity index (χ2v) is 5.95. The molecule has 120 valence electrons. The Morgan fingerprint density at radius 1 is 1.39 bits per heavy atom. The van der Waals surface area contributed by atoms with Crippen LogP contribution in [0.25, 0.3) is 0 Å². The van der Waals surface area contributed by atoms with Gasteiger partial charge in [0.15, 0.2) is 0 Å². The van der Waals surface area contributed by atoms with E-state index in [1.54, 1.807) is 18.3 Å². The average molecular weight is 312 g/mol. The number of nitrogens with zero attached hydrogens (tertiary/aromatic N) is 4. The number of ether oxygens (including phenoxy) is 1. The predicted octanol–water partition coefficient (Wildman–Crippen LogP) is 2.54. The lowest BCUT2D eigenvalue weighted by Gasteiger charge is -2.31. The first-order valence-electron chi connectivity index (χ1n) is 7.86. The molecule has 0 radical (unpaired) electrons. The van der Waals surface area contributed by atoms with Gasteiger partial charge in [0.25, 0.3) is 0 Å². The van der Waals surface area contributed by atoms with Gasteiger partial charge in [0.05, 0.1) is 23.9 Å². The van der Waals surface area contributed by atoms with Gasteiger partial charge in [-0.1, -0.05) is 5.16 Å². The van der Waals surface area contributed by atoms with Crippen molar-refractivity contribution in [1.82, 2.24) is 15.0 Å². The maximum absolute atomic E-state index is 8.88. The van der Waals surface area contributed by atoms with Gasteiger partial charge in [-0.3, -0.25) is 4.90 Å². The first-order valence-corrected chi connectivity index (χ1v) is 7.86. The van der Waals surface area contributed by atoms with E-state index in [0.29, 0.717) is 24.0 Å². The normalized spacial score (nSPS) is 16.2. The lowest BCUT2D eigenvalue weighted by atomic mass is 9.98. The van der Waals surface area contributed by atoms with Crippen molar-refractivity contribution in [3.63, 3.8) is 0 Å². The molecule has 2 aromatic rings. The molecule has 23 heavy (non-hydrogen) atoms. The summed E-state index contributed by atoms with van der Waals surface area (Å²) >= 11 is 0. The first kappa shape index (κ1) is 15.5. The van der Waals surface area contributed by atoms with Crippen molar-refractivity contribution in [2.24, 2.45) is 5.92 Å². The zero-order valence-electron chi connectivity index (χ0n) is 13.2. The summed E-state index contributed by atoms with van der Waals surface area (Å²) in [5.74, 6) is 1.91. The quantitative estimate of drug-likeness (QED) is 0.844. The Morgan fingerprint density at radius 3 is 2.91 bits per heavy atom. The maximum Gasteiger partial charge on any atom is 0.214 e. The Hall–Kier alpha value is -2.39. The number of nitriles is 1. The van der Waals surface area contributed by atoms with Crippen LogP contribution in [0.2, 0.25) is 0 Å². The van der Waals surface area contributed by atoms with E-state index >= 15 is 0 Å². The minimum Gasteiger partial charge on any atom is -0.477 e. The van der Waals surface area contributed by atoms with E-state index in [9.17, 15) is 0 Å². The van der Waals surface area contributed by atoms with Gasteiger partial charge in [-0.25, -0.2) is 4.98 Å². The highest BCUT2D eigenvalue weighted by atomic mass is 16.5. The van der Waals surface area contributed by atoms with E-state index in [2.05, 4.69) is 21.1 Å². The first-order chi connectivity index (χ1) is 11.2. The number of rotatable bonds is 5. The highest BCUT2D eigenvalue weighted by Crippen LogP contribution is 2.20. The van der Waals surface area contributed by atoms with Gasteiger partial charge in [-0.2, -0.15) is 5.26 Å². The molecule has 0 unspecified atom stereocenters. The molecule has 1 fully saturated rings. The van der Waals surface area contributed by atoms with Gasteiger partial charge in [0, 0.05) is 24.9 Å². The number of hydrogen-bond acceptors (Lipinski definition) is 6. The summed E-state index contributed by atoms with van der Waals surface area (Å²) in [5.41, 5.74) is 1.57. The number of hydrogen-bond donors (Lipinski definition) is 0. The molecule has 2 aromatic heterocycles. The molecule has 1 saturated heterocycles. The predicted molar refractivity (Wildman–Crippen MR) is 83.7 cm³/mol. The zero-order valence-corrected chi connectivity index (χ0v) is 13.2. The van der Waals surface area contributed by atoms with Crippen LogP contribution >= 0.6 is 0 Å². The van der Waals surface area contributed by atoms with Crippen molar-refractivity contribution < 1.29 is 9.26 Å². The fraction of sp³-hybridized carbons (Fsp3) is 0.471. The molecule has 0 atom stereocenters. The molecule has 0 spiro atoms. The highest BCUT2D eigenvalue weighted by molar-refractivity contribution is 5.31. The van der Waals surface area contributed by atoms with E-state index in [1.165, 1.54) is 0 Å².